The first-order valence-corrected chi connectivity index (χ1v) is 7.23. The predicted molar refractivity (Wildman–Crippen MR) is 78.4 cm³/mol. The molecule has 0 amide bonds. The Morgan fingerprint density at radius 1 is 1.50 bits per heavy atom. The van der Waals surface area contributed by atoms with E-state index in [0.29, 0.717) is 11.5 Å². The second-order valence-electron chi connectivity index (χ2n) is 5.53. The summed E-state index contributed by atoms with van der Waals surface area (Å²) in [5.74, 6) is 0.487. The summed E-state index contributed by atoms with van der Waals surface area (Å²) in [5, 5.41) is 28.1. The molecule has 20 heavy (non-hydrogen) atoms. The summed E-state index contributed by atoms with van der Waals surface area (Å²) in [6.45, 7) is 3.80. The Balaban J connectivity index is 2.27. The monoisotopic (exact) mass is 274 g/mol. The van der Waals surface area contributed by atoms with E-state index in [4.69, 9.17) is 10.4 Å². The number of hydrogen-bond donors (Lipinski definition) is 2. The molecule has 1 saturated heterocycles. The first kappa shape index (κ1) is 14.8. The average Bonchev–Trinajstić information content (AvgIpc) is 2.47. The first-order valence-electron chi connectivity index (χ1n) is 7.23. The van der Waals surface area contributed by atoms with Crippen LogP contribution in [0, 0.1) is 17.2 Å². The van der Waals surface area contributed by atoms with Crippen LogP contribution in [-0.4, -0.2) is 29.9 Å². The number of aliphatic hydroxyl groups excluding tert-OH is 2. The van der Waals surface area contributed by atoms with E-state index in [1.54, 1.807) is 13.0 Å². The maximum absolute atomic E-state index is 9.92. The summed E-state index contributed by atoms with van der Waals surface area (Å²) in [7, 11) is 0. The topological polar surface area (TPSA) is 67.5 Å². The molecule has 0 spiro atoms. The Hall–Kier alpha value is -1.57. The lowest BCUT2D eigenvalue weighted by Gasteiger charge is -2.36. The molecule has 0 aliphatic carbocycles. The molecule has 1 aliphatic rings. The van der Waals surface area contributed by atoms with Gasteiger partial charge in [0.15, 0.2) is 0 Å². The quantitative estimate of drug-likeness (QED) is 0.883. The van der Waals surface area contributed by atoms with Crippen LogP contribution < -0.4 is 4.90 Å². The highest BCUT2D eigenvalue weighted by molar-refractivity contribution is 5.58. The zero-order valence-corrected chi connectivity index (χ0v) is 11.9. The molecule has 1 heterocycles. The molecule has 2 N–H and O–H groups in total. The third kappa shape index (κ3) is 3.30. The van der Waals surface area contributed by atoms with Gasteiger partial charge in [-0.05, 0) is 44.2 Å². The Kier molecular flexibility index (Phi) is 4.99. The van der Waals surface area contributed by atoms with Crippen molar-refractivity contribution in [2.24, 2.45) is 5.92 Å². The summed E-state index contributed by atoms with van der Waals surface area (Å²) in [4.78, 5) is 2.24. The van der Waals surface area contributed by atoms with Crippen LogP contribution in [0.25, 0.3) is 0 Å². The minimum absolute atomic E-state index is 0.222. The third-order valence-electron chi connectivity index (χ3n) is 4.01. The molecule has 1 fully saturated rings. The van der Waals surface area contributed by atoms with Gasteiger partial charge in [0.05, 0.1) is 17.7 Å². The number of hydrogen-bond acceptors (Lipinski definition) is 4. The molecule has 1 aromatic carbocycles. The molecule has 0 radical (unpaired) electrons. The van der Waals surface area contributed by atoms with Gasteiger partial charge in [-0.3, -0.25) is 0 Å². The third-order valence-corrected chi connectivity index (χ3v) is 4.01. The molecule has 1 unspecified atom stereocenters. The van der Waals surface area contributed by atoms with E-state index in [1.807, 2.05) is 12.1 Å². The SMILES string of the molecule is C[C@@H](O)c1ccc(C#N)cc1N1CCCC(CCO)C1. The standard InChI is InChI=1S/C16H22N2O2/c1-12(20)15-5-4-14(10-17)9-16(15)18-7-2-3-13(11-18)6-8-19/h4-5,9,12-13,19-20H,2-3,6-8,11H2,1H3/t12-,13?/m1/s1. The van der Waals surface area contributed by atoms with Gasteiger partial charge < -0.3 is 15.1 Å². The van der Waals surface area contributed by atoms with E-state index in [1.165, 1.54) is 0 Å². The predicted octanol–water partition coefficient (Wildman–Crippen LogP) is 2.21. The molecule has 0 aromatic heterocycles. The Morgan fingerprint density at radius 3 is 2.95 bits per heavy atom. The maximum Gasteiger partial charge on any atom is 0.0992 e. The fourth-order valence-corrected chi connectivity index (χ4v) is 2.94. The summed E-state index contributed by atoms with van der Waals surface area (Å²) in [5.41, 5.74) is 2.45. The van der Waals surface area contributed by atoms with E-state index in [-0.39, 0.29) is 6.61 Å². The highest BCUT2D eigenvalue weighted by atomic mass is 16.3. The van der Waals surface area contributed by atoms with E-state index in [0.717, 1.165) is 43.6 Å². The summed E-state index contributed by atoms with van der Waals surface area (Å²) >= 11 is 0. The van der Waals surface area contributed by atoms with Gasteiger partial charge in [0.25, 0.3) is 0 Å². The summed E-state index contributed by atoms with van der Waals surface area (Å²) < 4.78 is 0. The minimum Gasteiger partial charge on any atom is -0.396 e. The minimum atomic E-state index is -0.545. The number of aliphatic hydroxyl groups is 2. The van der Waals surface area contributed by atoms with Gasteiger partial charge in [0.1, 0.15) is 0 Å². The highest BCUT2D eigenvalue weighted by Crippen LogP contribution is 2.31. The van der Waals surface area contributed by atoms with Crippen LogP contribution in [0.2, 0.25) is 0 Å². The Morgan fingerprint density at radius 2 is 2.30 bits per heavy atom. The molecular weight excluding hydrogens is 252 g/mol. The average molecular weight is 274 g/mol. The van der Waals surface area contributed by atoms with Crippen molar-refractivity contribution in [3.63, 3.8) is 0 Å². The van der Waals surface area contributed by atoms with Crippen LogP contribution in [0.3, 0.4) is 0 Å². The van der Waals surface area contributed by atoms with Gasteiger partial charge in [-0.2, -0.15) is 5.26 Å². The van der Waals surface area contributed by atoms with Crippen LogP contribution in [-0.2, 0) is 0 Å². The van der Waals surface area contributed by atoms with Gasteiger partial charge in [0, 0.05) is 30.9 Å². The molecule has 4 heteroatoms. The van der Waals surface area contributed by atoms with Crippen molar-refractivity contribution >= 4 is 5.69 Å². The molecule has 0 saturated carbocycles. The van der Waals surface area contributed by atoms with Crippen LogP contribution in [0.1, 0.15) is 43.4 Å². The number of nitrogens with zero attached hydrogens (tertiary/aromatic N) is 2. The first-order chi connectivity index (χ1) is 9.65. The molecule has 2 rings (SSSR count). The lowest BCUT2D eigenvalue weighted by molar-refractivity contribution is 0.199. The maximum atomic E-state index is 9.92. The summed E-state index contributed by atoms with van der Waals surface area (Å²) in [6.07, 6.45) is 2.49. The van der Waals surface area contributed by atoms with E-state index in [9.17, 15) is 5.11 Å². The van der Waals surface area contributed by atoms with Crippen molar-refractivity contribution in [1.82, 2.24) is 0 Å². The molecule has 2 atom stereocenters. The van der Waals surface area contributed by atoms with Gasteiger partial charge in [-0.15, -0.1) is 0 Å². The van der Waals surface area contributed by atoms with Gasteiger partial charge in [0.2, 0.25) is 0 Å². The Bertz CT molecular complexity index is 492. The van der Waals surface area contributed by atoms with E-state index >= 15 is 0 Å². The Labute approximate surface area is 120 Å². The number of anilines is 1. The van der Waals surface area contributed by atoms with Crippen LogP contribution in [0.5, 0.6) is 0 Å². The van der Waals surface area contributed by atoms with Crippen molar-refractivity contribution in [1.29, 1.82) is 5.26 Å². The molecule has 108 valence electrons. The van der Waals surface area contributed by atoms with Crippen molar-refractivity contribution in [3.05, 3.63) is 29.3 Å². The lowest BCUT2D eigenvalue weighted by atomic mass is 9.93. The van der Waals surface area contributed by atoms with Gasteiger partial charge in [-0.25, -0.2) is 0 Å². The number of rotatable bonds is 4. The molecule has 1 aromatic rings. The second kappa shape index (κ2) is 6.74. The van der Waals surface area contributed by atoms with Crippen molar-refractivity contribution < 1.29 is 10.2 Å². The van der Waals surface area contributed by atoms with Crippen molar-refractivity contribution in [2.45, 2.75) is 32.3 Å². The lowest BCUT2D eigenvalue weighted by Crippen LogP contribution is -2.36. The van der Waals surface area contributed by atoms with Crippen LogP contribution >= 0.6 is 0 Å². The molecule has 1 aliphatic heterocycles. The molecule has 4 nitrogen and oxygen atoms in total. The zero-order chi connectivity index (χ0) is 14.5. The fourth-order valence-electron chi connectivity index (χ4n) is 2.94. The van der Waals surface area contributed by atoms with E-state index in [2.05, 4.69) is 11.0 Å². The smallest absolute Gasteiger partial charge is 0.0992 e. The van der Waals surface area contributed by atoms with Crippen molar-refractivity contribution in [3.8, 4) is 6.07 Å². The van der Waals surface area contributed by atoms with Gasteiger partial charge in [-0.1, -0.05) is 6.07 Å². The molecular formula is C16H22N2O2. The zero-order valence-electron chi connectivity index (χ0n) is 11.9. The number of piperidine rings is 1. The number of benzene rings is 1. The summed E-state index contributed by atoms with van der Waals surface area (Å²) in [6, 6.07) is 7.62. The fraction of sp³-hybridized carbons (Fsp3) is 0.562. The second-order valence-corrected chi connectivity index (χ2v) is 5.53. The number of nitriles is 1. The largest absolute Gasteiger partial charge is 0.396 e. The molecule has 0 bridgehead atoms. The highest BCUT2D eigenvalue weighted by Gasteiger charge is 2.22. The van der Waals surface area contributed by atoms with Gasteiger partial charge >= 0.3 is 0 Å². The normalized spacial score (nSPS) is 20.5. The van der Waals surface area contributed by atoms with Crippen LogP contribution in [0.15, 0.2) is 18.2 Å². The van der Waals surface area contributed by atoms with Crippen LogP contribution in [0.4, 0.5) is 5.69 Å². The van der Waals surface area contributed by atoms with E-state index < -0.39 is 6.10 Å². The van der Waals surface area contributed by atoms with Crippen molar-refractivity contribution in [2.75, 3.05) is 24.6 Å².